The van der Waals surface area contributed by atoms with E-state index in [1.165, 1.54) is 7.11 Å². The van der Waals surface area contributed by atoms with E-state index >= 15 is 0 Å². The standard InChI is InChI=1S/C25H28N6O2/c1-17-8-4-14-23(27-17)25-26-16-19-9-5-13-22(24(19)29-25)31-33-15-7-11-20-10-6-12-21(28-20)18(2)30-32-3/h4,6,8,10,12,14,16H,5,7,9,11,13,15H2,1-3H3/b30-18+,31-22+. The number of oxime groups is 2. The van der Waals surface area contributed by atoms with Crippen LogP contribution in [0.5, 0.6) is 0 Å². The number of fused-ring (bicyclic) bond motifs is 1. The van der Waals surface area contributed by atoms with Gasteiger partial charge in [-0.05, 0) is 75.8 Å². The van der Waals surface area contributed by atoms with Crippen LogP contribution in [0.15, 0.2) is 52.9 Å². The van der Waals surface area contributed by atoms with Gasteiger partial charge in [0, 0.05) is 17.6 Å². The van der Waals surface area contributed by atoms with Crippen molar-refractivity contribution in [2.24, 2.45) is 10.3 Å². The Labute approximate surface area is 193 Å². The van der Waals surface area contributed by atoms with Crippen LogP contribution >= 0.6 is 0 Å². The van der Waals surface area contributed by atoms with E-state index in [0.29, 0.717) is 12.4 Å². The lowest BCUT2D eigenvalue weighted by Gasteiger charge is -2.16. The lowest BCUT2D eigenvalue weighted by atomic mass is 9.95. The molecule has 8 heteroatoms. The van der Waals surface area contributed by atoms with Gasteiger partial charge in [0.05, 0.1) is 11.4 Å². The van der Waals surface area contributed by atoms with Crippen LogP contribution in [0.25, 0.3) is 11.5 Å². The number of rotatable bonds is 8. The van der Waals surface area contributed by atoms with E-state index in [9.17, 15) is 0 Å². The maximum Gasteiger partial charge on any atom is 0.178 e. The van der Waals surface area contributed by atoms with Crippen LogP contribution in [0.1, 0.15) is 54.5 Å². The minimum absolute atomic E-state index is 0.507. The Morgan fingerprint density at radius 1 is 1.06 bits per heavy atom. The Bertz CT molecular complexity index is 1180. The van der Waals surface area contributed by atoms with Crippen molar-refractivity contribution in [1.29, 1.82) is 0 Å². The monoisotopic (exact) mass is 444 g/mol. The topological polar surface area (TPSA) is 94.7 Å². The van der Waals surface area contributed by atoms with Crippen molar-refractivity contribution in [1.82, 2.24) is 19.9 Å². The van der Waals surface area contributed by atoms with Gasteiger partial charge in [0.1, 0.15) is 30.8 Å². The van der Waals surface area contributed by atoms with Crippen molar-refractivity contribution in [3.8, 4) is 11.5 Å². The molecular formula is C25H28N6O2. The van der Waals surface area contributed by atoms with Crippen molar-refractivity contribution >= 4 is 11.4 Å². The third kappa shape index (κ3) is 5.77. The minimum Gasteiger partial charge on any atom is -0.399 e. The first-order valence-corrected chi connectivity index (χ1v) is 11.2. The lowest BCUT2D eigenvalue weighted by Crippen LogP contribution is -2.16. The average Bonchev–Trinajstić information content (AvgIpc) is 2.84. The highest BCUT2D eigenvalue weighted by molar-refractivity contribution is 6.00. The van der Waals surface area contributed by atoms with Crippen LogP contribution in [-0.4, -0.2) is 45.1 Å². The molecule has 4 rings (SSSR count). The minimum atomic E-state index is 0.507. The summed E-state index contributed by atoms with van der Waals surface area (Å²) in [5, 5.41) is 8.37. The molecule has 0 bridgehead atoms. The fraction of sp³-hybridized carbons (Fsp3) is 0.360. The molecule has 0 amide bonds. The number of pyridine rings is 2. The Hall–Kier alpha value is -3.68. The van der Waals surface area contributed by atoms with Crippen molar-refractivity contribution in [2.45, 2.75) is 46.0 Å². The molecule has 1 aliphatic rings. The third-order valence-corrected chi connectivity index (χ3v) is 5.36. The van der Waals surface area contributed by atoms with E-state index in [2.05, 4.69) is 25.3 Å². The van der Waals surface area contributed by atoms with Crippen molar-refractivity contribution < 1.29 is 9.68 Å². The molecule has 3 aromatic rings. The predicted octanol–water partition coefficient (Wildman–Crippen LogP) is 4.30. The van der Waals surface area contributed by atoms with E-state index in [-0.39, 0.29) is 0 Å². The molecule has 3 aromatic heterocycles. The van der Waals surface area contributed by atoms with Crippen molar-refractivity contribution in [3.63, 3.8) is 0 Å². The van der Waals surface area contributed by atoms with E-state index in [4.69, 9.17) is 14.7 Å². The number of aryl methyl sites for hydroxylation is 3. The summed E-state index contributed by atoms with van der Waals surface area (Å²) in [6, 6.07) is 11.8. The van der Waals surface area contributed by atoms with Crippen LogP contribution in [0.4, 0.5) is 0 Å². The van der Waals surface area contributed by atoms with E-state index in [1.54, 1.807) is 0 Å². The maximum absolute atomic E-state index is 5.67. The van der Waals surface area contributed by atoms with Crippen molar-refractivity contribution in [3.05, 3.63) is 70.9 Å². The second-order valence-electron chi connectivity index (χ2n) is 7.93. The molecule has 0 saturated heterocycles. The van der Waals surface area contributed by atoms with Gasteiger partial charge in [0.2, 0.25) is 0 Å². The normalized spacial score (nSPS) is 14.8. The van der Waals surface area contributed by atoms with Crippen LogP contribution in [0.3, 0.4) is 0 Å². The summed E-state index contributed by atoms with van der Waals surface area (Å²) >= 11 is 0. The SMILES string of the molecule is CO/N=C(\C)c1cccc(CCCO/N=C2\CCCc3cnc(-c4cccc(C)n4)nc32)n1. The first kappa shape index (κ1) is 22.5. The van der Waals surface area contributed by atoms with Crippen LogP contribution < -0.4 is 0 Å². The fourth-order valence-electron chi connectivity index (χ4n) is 3.73. The molecule has 0 atom stereocenters. The first-order valence-electron chi connectivity index (χ1n) is 11.2. The molecule has 0 saturated carbocycles. The third-order valence-electron chi connectivity index (χ3n) is 5.36. The summed E-state index contributed by atoms with van der Waals surface area (Å²) < 4.78 is 0. The Kier molecular flexibility index (Phi) is 7.34. The zero-order chi connectivity index (χ0) is 23.0. The molecule has 3 heterocycles. The highest BCUT2D eigenvalue weighted by atomic mass is 16.6. The average molecular weight is 445 g/mol. The molecule has 0 unspecified atom stereocenters. The summed E-state index contributed by atoms with van der Waals surface area (Å²) in [5.74, 6) is 0.616. The van der Waals surface area contributed by atoms with Crippen molar-refractivity contribution in [2.75, 3.05) is 13.7 Å². The van der Waals surface area contributed by atoms with Gasteiger partial charge < -0.3 is 9.68 Å². The summed E-state index contributed by atoms with van der Waals surface area (Å²) in [5.41, 5.74) is 7.11. The number of hydrogen-bond acceptors (Lipinski definition) is 8. The number of nitrogens with zero attached hydrogens (tertiary/aromatic N) is 6. The van der Waals surface area contributed by atoms with Gasteiger partial charge in [-0.25, -0.2) is 15.0 Å². The van der Waals surface area contributed by atoms with Crippen LogP contribution in [-0.2, 0) is 22.5 Å². The van der Waals surface area contributed by atoms with Gasteiger partial charge in [-0.2, -0.15) is 0 Å². The molecule has 0 fully saturated rings. The lowest BCUT2D eigenvalue weighted by molar-refractivity contribution is 0.141. The van der Waals surface area contributed by atoms with Gasteiger partial charge in [-0.3, -0.25) is 4.98 Å². The second kappa shape index (κ2) is 10.8. The zero-order valence-corrected chi connectivity index (χ0v) is 19.3. The van der Waals surface area contributed by atoms with Gasteiger partial charge in [0.25, 0.3) is 0 Å². The van der Waals surface area contributed by atoms with Gasteiger partial charge in [0.15, 0.2) is 5.82 Å². The second-order valence-corrected chi connectivity index (χ2v) is 7.93. The van der Waals surface area contributed by atoms with Crippen LogP contribution in [0, 0.1) is 6.92 Å². The Morgan fingerprint density at radius 3 is 2.79 bits per heavy atom. The van der Waals surface area contributed by atoms with Gasteiger partial charge in [-0.1, -0.05) is 22.4 Å². The van der Waals surface area contributed by atoms with E-state index < -0.39 is 0 Å². The maximum atomic E-state index is 5.67. The highest BCUT2D eigenvalue weighted by Crippen LogP contribution is 2.22. The number of aromatic nitrogens is 4. The summed E-state index contributed by atoms with van der Waals surface area (Å²) in [7, 11) is 1.53. The quantitative estimate of drug-likeness (QED) is 0.292. The zero-order valence-electron chi connectivity index (χ0n) is 19.3. The molecule has 0 spiro atoms. The summed E-state index contributed by atoms with van der Waals surface area (Å²) in [6.45, 7) is 4.34. The Balaban J connectivity index is 1.39. The fourth-order valence-corrected chi connectivity index (χ4v) is 3.73. The highest BCUT2D eigenvalue weighted by Gasteiger charge is 2.20. The first-order chi connectivity index (χ1) is 16.1. The smallest absolute Gasteiger partial charge is 0.178 e. The molecule has 170 valence electrons. The Morgan fingerprint density at radius 2 is 1.94 bits per heavy atom. The van der Waals surface area contributed by atoms with Crippen LogP contribution in [0.2, 0.25) is 0 Å². The molecule has 0 N–H and O–H groups in total. The van der Waals surface area contributed by atoms with E-state index in [0.717, 1.165) is 77.6 Å². The molecule has 0 radical (unpaired) electrons. The molecule has 0 aromatic carbocycles. The number of hydrogen-bond donors (Lipinski definition) is 0. The molecule has 0 aliphatic heterocycles. The molecular weight excluding hydrogens is 416 g/mol. The van der Waals surface area contributed by atoms with E-state index in [1.807, 2.05) is 56.4 Å². The summed E-state index contributed by atoms with van der Waals surface area (Å²) in [6.07, 6.45) is 6.29. The summed E-state index contributed by atoms with van der Waals surface area (Å²) in [4.78, 5) is 29.0. The molecule has 8 nitrogen and oxygen atoms in total. The molecule has 33 heavy (non-hydrogen) atoms. The molecule has 1 aliphatic carbocycles. The largest absolute Gasteiger partial charge is 0.399 e. The van der Waals surface area contributed by atoms with Gasteiger partial charge in [-0.15, -0.1) is 0 Å². The predicted molar refractivity (Wildman–Crippen MR) is 127 cm³/mol. The van der Waals surface area contributed by atoms with Gasteiger partial charge >= 0.3 is 0 Å².